The van der Waals surface area contributed by atoms with Crippen LogP contribution in [-0.2, 0) is 4.32 Å². The zero-order chi connectivity index (χ0) is 12.6. The Kier molecular flexibility index (Phi) is 0.794. The molecule has 0 spiro atoms. The Morgan fingerprint density at radius 2 is 2.40 bits per heavy atom. The molecule has 1 heterocycles. The minimum atomic E-state index is -2.72. The molecule has 1 nitrogen and oxygen atoms in total. The second kappa shape index (κ2) is 2.70. The number of aromatic nitrogens is 1. The highest BCUT2D eigenvalue weighted by atomic mass is 79.9. The first-order chi connectivity index (χ1) is 7.11. The fraction of sp³-hybridized carbons (Fsp3) is 0.375. The molecule has 54 valence electrons. The largest absolute Gasteiger partial charge is 0.260 e. The molecule has 0 unspecified atom stereocenters. The van der Waals surface area contributed by atoms with Gasteiger partial charge in [0.25, 0.3) is 0 Å². The van der Waals surface area contributed by atoms with E-state index in [0.717, 1.165) is 0 Å². The summed E-state index contributed by atoms with van der Waals surface area (Å²) in [6.45, 7) is -5.43. The molecule has 1 aromatic rings. The highest BCUT2D eigenvalue weighted by Crippen LogP contribution is 2.27. The second-order valence-electron chi connectivity index (χ2n) is 1.87. The maximum atomic E-state index is 7.37. The molecule has 0 aliphatic carbocycles. The van der Waals surface area contributed by atoms with Crippen molar-refractivity contribution in [2.45, 2.75) is 18.0 Å². The third kappa shape index (κ3) is 1.81. The molecule has 0 aliphatic heterocycles. The fourth-order valence-corrected chi connectivity index (χ4v) is 0.801. The monoisotopic (exact) mass is 205 g/mol. The molecule has 10 heavy (non-hydrogen) atoms. The number of nitrogens with zero attached hydrogens (tertiary/aromatic N) is 1. The maximum absolute atomic E-state index is 7.37. The highest BCUT2D eigenvalue weighted by Gasteiger charge is 2.15. The topological polar surface area (TPSA) is 12.9 Å². The molecule has 2 heteroatoms. The lowest BCUT2D eigenvalue weighted by Gasteiger charge is -2.13. The van der Waals surface area contributed by atoms with Crippen LogP contribution < -0.4 is 0 Å². The predicted molar refractivity (Wildman–Crippen MR) is 46.2 cm³/mol. The quantitative estimate of drug-likeness (QED) is 0.643. The maximum Gasteiger partial charge on any atom is 0.0621 e. The Hall–Kier alpha value is -0.370. The number of hydrogen-bond acceptors (Lipinski definition) is 1. The van der Waals surface area contributed by atoms with E-state index in [4.69, 9.17) is 8.22 Å². The summed E-state index contributed by atoms with van der Waals surface area (Å²) < 4.78 is 42.1. The molecule has 0 radical (unpaired) electrons. The van der Waals surface area contributed by atoms with Crippen LogP contribution in [0.3, 0.4) is 0 Å². The second-order valence-corrected chi connectivity index (χ2v) is 3.06. The van der Waals surface area contributed by atoms with Gasteiger partial charge in [0, 0.05) is 14.4 Å². The van der Waals surface area contributed by atoms with Gasteiger partial charge in [-0.15, -0.1) is 0 Å². The predicted octanol–water partition coefficient (Wildman–Crippen LogP) is 2.71. The Morgan fingerprint density at radius 3 is 2.90 bits per heavy atom. The lowest BCUT2D eigenvalue weighted by Crippen LogP contribution is -2.08. The Balaban J connectivity index is 3.39. The zero-order valence-corrected chi connectivity index (χ0v) is 6.72. The van der Waals surface area contributed by atoms with Gasteiger partial charge >= 0.3 is 0 Å². The molecule has 0 aliphatic rings. The van der Waals surface area contributed by atoms with Crippen molar-refractivity contribution in [2.75, 3.05) is 0 Å². The summed E-state index contributed by atoms with van der Waals surface area (Å²) in [6, 6.07) is 4.53. The van der Waals surface area contributed by atoms with Crippen LogP contribution in [0.25, 0.3) is 0 Å². The van der Waals surface area contributed by atoms with E-state index < -0.39 is 18.0 Å². The number of rotatable bonds is 1. The molecule has 0 saturated heterocycles. The van der Waals surface area contributed by atoms with Crippen LogP contribution in [-0.4, -0.2) is 4.98 Å². The van der Waals surface area contributed by atoms with Crippen LogP contribution in [0.4, 0.5) is 0 Å². The SMILES string of the molecule is [2H]C([2H])([2H])C(Br)(c1ccccn1)C([2H])([2H])[2H]. The average molecular weight is 206 g/mol. The van der Waals surface area contributed by atoms with Crippen molar-refractivity contribution in [3.63, 3.8) is 0 Å². The third-order valence-corrected chi connectivity index (χ3v) is 1.42. The molecule has 1 aromatic heterocycles. The van der Waals surface area contributed by atoms with Crippen molar-refractivity contribution in [1.82, 2.24) is 4.98 Å². The molecule has 0 N–H and O–H groups in total. The van der Waals surface area contributed by atoms with Gasteiger partial charge in [-0.05, 0) is 25.8 Å². The molecule has 0 atom stereocenters. The van der Waals surface area contributed by atoms with Gasteiger partial charge in [0.2, 0.25) is 0 Å². The van der Waals surface area contributed by atoms with Gasteiger partial charge in [0.15, 0.2) is 0 Å². The molecule has 0 saturated carbocycles. The van der Waals surface area contributed by atoms with E-state index >= 15 is 0 Å². The zero-order valence-electron chi connectivity index (χ0n) is 11.1. The van der Waals surface area contributed by atoms with Gasteiger partial charge in [-0.25, -0.2) is 0 Å². The number of hydrogen-bond donors (Lipinski definition) is 0. The van der Waals surface area contributed by atoms with Crippen LogP contribution in [0.15, 0.2) is 24.4 Å². The number of alkyl halides is 1. The minimum absolute atomic E-state index is 0.0185. The summed E-state index contributed by atoms with van der Waals surface area (Å²) in [6.07, 6.45) is 1.36. The summed E-state index contributed by atoms with van der Waals surface area (Å²) in [7, 11) is 0. The summed E-state index contributed by atoms with van der Waals surface area (Å²) in [5.41, 5.74) is -0.0185. The number of pyridine rings is 1. The van der Waals surface area contributed by atoms with Gasteiger partial charge in [0.05, 0.1) is 10.0 Å². The smallest absolute Gasteiger partial charge is 0.0621 e. The van der Waals surface area contributed by atoms with Crippen molar-refractivity contribution < 1.29 is 8.22 Å². The van der Waals surface area contributed by atoms with Crippen LogP contribution >= 0.6 is 15.9 Å². The normalized spacial score (nSPS) is 22.9. The van der Waals surface area contributed by atoms with E-state index in [-0.39, 0.29) is 5.69 Å². The lowest BCUT2D eigenvalue weighted by atomic mass is 10.1. The van der Waals surface area contributed by atoms with Gasteiger partial charge in [0.1, 0.15) is 0 Å². The van der Waals surface area contributed by atoms with Gasteiger partial charge in [-0.1, -0.05) is 22.0 Å². The molecular formula is C8H10BrN. The van der Waals surface area contributed by atoms with Crippen LogP contribution in [0, 0.1) is 0 Å². The first-order valence-electron chi connectivity index (χ1n) is 5.71. The molecule has 1 rings (SSSR count). The minimum Gasteiger partial charge on any atom is -0.260 e. The molecule has 0 amide bonds. The first-order valence-corrected chi connectivity index (χ1v) is 3.50. The van der Waals surface area contributed by atoms with E-state index in [0.29, 0.717) is 0 Å². The Bertz CT molecular complexity index is 343. The summed E-state index contributed by atoms with van der Waals surface area (Å²) in [5.74, 6) is 0. The number of halogens is 1. The van der Waals surface area contributed by atoms with E-state index in [1.807, 2.05) is 0 Å². The van der Waals surface area contributed by atoms with E-state index in [1.54, 1.807) is 12.1 Å². The van der Waals surface area contributed by atoms with Crippen molar-refractivity contribution in [2.24, 2.45) is 0 Å². The molecule has 0 aromatic carbocycles. The summed E-state index contributed by atoms with van der Waals surface area (Å²) >= 11 is 2.85. The van der Waals surface area contributed by atoms with E-state index in [9.17, 15) is 0 Å². The average Bonchev–Trinajstić information content (AvgIpc) is 2.14. The summed E-state index contributed by atoms with van der Waals surface area (Å²) in [4.78, 5) is 3.82. The van der Waals surface area contributed by atoms with Crippen molar-refractivity contribution in [1.29, 1.82) is 0 Å². The van der Waals surface area contributed by atoms with Crippen LogP contribution in [0.1, 0.15) is 27.6 Å². The van der Waals surface area contributed by atoms with Gasteiger partial charge < -0.3 is 0 Å². The van der Waals surface area contributed by atoms with Crippen LogP contribution in [0.5, 0.6) is 0 Å². The van der Waals surface area contributed by atoms with Gasteiger partial charge in [-0.2, -0.15) is 0 Å². The van der Waals surface area contributed by atoms with Crippen molar-refractivity contribution in [3.8, 4) is 0 Å². The Labute approximate surface area is 78.0 Å². The van der Waals surface area contributed by atoms with Crippen molar-refractivity contribution in [3.05, 3.63) is 30.1 Å². The molecule has 0 bridgehead atoms. The Morgan fingerprint density at radius 1 is 1.60 bits per heavy atom. The van der Waals surface area contributed by atoms with Crippen molar-refractivity contribution >= 4 is 15.9 Å². The van der Waals surface area contributed by atoms with Gasteiger partial charge in [-0.3, -0.25) is 4.98 Å². The molecular weight excluding hydrogens is 190 g/mol. The van der Waals surface area contributed by atoms with E-state index in [1.165, 1.54) is 12.3 Å². The summed E-state index contributed by atoms with van der Waals surface area (Å²) in [5, 5.41) is 0. The lowest BCUT2D eigenvalue weighted by molar-refractivity contribution is 0.766. The first kappa shape index (κ1) is 2.94. The fourth-order valence-electron chi connectivity index (χ4n) is 0.567. The third-order valence-electron chi connectivity index (χ3n) is 1.02. The highest BCUT2D eigenvalue weighted by molar-refractivity contribution is 9.09. The standard InChI is InChI=1S/C8H10BrN/c1-8(2,9)7-5-3-4-6-10-7/h3-6H,1-2H3/i1D3,2D3. The van der Waals surface area contributed by atoms with E-state index in [2.05, 4.69) is 20.9 Å². The molecule has 0 fully saturated rings. The van der Waals surface area contributed by atoms with Crippen LogP contribution in [0.2, 0.25) is 0 Å².